The minimum Gasteiger partial charge on any atom is -0.325 e. The fourth-order valence-electron chi connectivity index (χ4n) is 2.19. The van der Waals surface area contributed by atoms with Crippen molar-refractivity contribution in [2.75, 3.05) is 5.75 Å². The summed E-state index contributed by atoms with van der Waals surface area (Å²) >= 11 is 1.07. The molecule has 0 atom stereocenters. The van der Waals surface area contributed by atoms with E-state index >= 15 is 0 Å². The van der Waals surface area contributed by atoms with Gasteiger partial charge < -0.3 is 4.57 Å². The van der Waals surface area contributed by atoms with Crippen molar-refractivity contribution in [2.24, 2.45) is 7.05 Å². The molecular weight excluding hydrogens is 365 g/mol. The minimum atomic E-state index is -4.58. The number of imidazole rings is 1. The lowest BCUT2D eigenvalue weighted by Crippen LogP contribution is -2.07. The van der Waals surface area contributed by atoms with Gasteiger partial charge in [-0.3, -0.25) is 0 Å². The van der Waals surface area contributed by atoms with Crippen molar-refractivity contribution >= 4 is 32.2 Å². The van der Waals surface area contributed by atoms with Crippen molar-refractivity contribution in [2.45, 2.75) is 18.1 Å². The monoisotopic (exact) mass is 376 g/mol. The number of nitrogens with zero attached hydrogens (tertiary/aromatic N) is 4. The topological polar surface area (TPSA) is 77.7 Å². The highest BCUT2D eigenvalue weighted by Crippen LogP contribution is 2.34. The Kier molecular flexibility index (Phi) is 3.87. The van der Waals surface area contributed by atoms with Gasteiger partial charge in [0, 0.05) is 7.05 Å². The molecule has 0 aromatic carbocycles. The van der Waals surface area contributed by atoms with Crippen LogP contribution in [-0.4, -0.2) is 33.7 Å². The van der Waals surface area contributed by atoms with Gasteiger partial charge in [-0.15, -0.1) is 11.3 Å². The number of sulfone groups is 1. The van der Waals surface area contributed by atoms with Crippen molar-refractivity contribution in [3.05, 3.63) is 23.5 Å². The zero-order valence-corrected chi connectivity index (χ0v) is 14.1. The number of halogens is 3. The van der Waals surface area contributed by atoms with Crippen LogP contribution in [0.4, 0.5) is 13.2 Å². The molecule has 0 aliphatic heterocycles. The smallest absolute Gasteiger partial charge is 0.325 e. The first-order valence-corrected chi connectivity index (χ1v) is 9.24. The highest BCUT2D eigenvalue weighted by Gasteiger charge is 2.33. The Hall–Kier alpha value is -2.01. The lowest BCUT2D eigenvalue weighted by atomic mass is 10.3. The second-order valence-electron chi connectivity index (χ2n) is 4.94. The van der Waals surface area contributed by atoms with E-state index in [1.165, 1.54) is 17.0 Å². The van der Waals surface area contributed by atoms with Crippen molar-refractivity contribution in [1.82, 2.24) is 19.5 Å². The number of hydrogen-bond acceptors (Lipinski definition) is 6. The summed E-state index contributed by atoms with van der Waals surface area (Å²) < 4.78 is 64.1. The summed E-state index contributed by atoms with van der Waals surface area (Å²) in [6.07, 6.45) is -3.50. The average Bonchev–Trinajstić information content (AvgIpc) is 3.11. The third-order valence-electron chi connectivity index (χ3n) is 3.47. The molecule has 0 aliphatic carbocycles. The van der Waals surface area contributed by atoms with Gasteiger partial charge in [0.1, 0.15) is 10.6 Å². The van der Waals surface area contributed by atoms with E-state index in [1.54, 1.807) is 7.05 Å². The Morgan fingerprint density at radius 2 is 2.00 bits per heavy atom. The number of thiazole rings is 1. The highest BCUT2D eigenvalue weighted by atomic mass is 32.2. The molecule has 128 valence electrons. The Balaban J connectivity index is 2.23. The lowest BCUT2D eigenvalue weighted by Gasteiger charge is -2.05. The van der Waals surface area contributed by atoms with Gasteiger partial charge in [-0.2, -0.15) is 13.2 Å². The predicted octanol–water partition coefficient (Wildman–Crippen LogP) is 2.90. The Morgan fingerprint density at radius 1 is 1.29 bits per heavy atom. The molecule has 3 rings (SSSR count). The summed E-state index contributed by atoms with van der Waals surface area (Å²) in [7, 11) is -1.98. The minimum absolute atomic E-state index is 0.0862. The molecule has 3 aromatic rings. The number of pyridine rings is 1. The van der Waals surface area contributed by atoms with Gasteiger partial charge in [-0.05, 0) is 6.07 Å². The maximum absolute atomic E-state index is 12.8. The Morgan fingerprint density at radius 3 is 2.62 bits per heavy atom. The standard InChI is InChI=1S/C13H11F3N4O2S2/c1-3-24(21,22)12-10(23-6-18-12)11-19-7-4-9(13(14,15)16)17-5-8(7)20(11)2/h4-6H,3H2,1-2H3. The average molecular weight is 376 g/mol. The van der Waals surface area contributed by atoms with E-state index in [1.807, 2.05) is 0 Å². The molecule has 3 heterocycles. The maximum atomic E-state index is 12.8. The van der Waals surface area contributed by atoms with Gasteiger partial charge in [0.25, 0.3) is 0 Å². The third-order valence-corrected chi connectivity index (χ3v) is 6.08. The van der Waals surface area contributed by atoms with E-state index in [2.05, 4.69) is 15.0 Å². The van der Waals surface area contributed by atoms with E-state index < -0.39 is 21.7 Å². The van der Waals surface area contributed by atoms with Crippen LogP contribution in [0.2, 0.25) is 0 Å². The Bertz CT molecular complexity index is 1020. The summed E-state index contributed by atoms with van der Waals surface area (Å²) in [4.78, 5) is 11.8. The molecule has 24 heavy (non-hydrogen) atoms. The number of alkyl halides is 3. The van der Waals surface area contributed by atoms with Crippen molar-refractivity contribution in [3.8, 4) is 10.7 Å². The highest BCUT2D eigenvalue weighted by molar-refractivity contribution is 7.91. The van der Waals surface area contributed by atoms with Crippen LogP contribution in [0.5, 0.6) is 0 Å². The number of hydrogen-bond donors (Lipinski definition) is 0. The van der Waals surface area contributed by atoms with E-state index in [-0.39, 0.29) is 22.1 Å². The van der Waals surface area contributed by atoms with Crippen LogP contribution in [0.15, 0.2) is 22.8 Å². The molecule has 6 nitrogen and oxygen atoms in total. The van der Waals surface area contributed by atoms with Crippen molar-refractivity contribution in [3.63, 3.8) is 0 Å². The van der Waals surface area contributed by atoms with Gasteiger partial charge >= 0.3 is 6.18 Å². The van der Waals surface area contributed by atoms with Crippen molar-refractivity contribution in [1.29, 1.82) is 0 Å². The summed E-state index contributed by atoms with van der Waals surface area (Å²) in [5, 5.41) is -0.114. The van der Waals surface area contributed by atoms with Crippen LogP contribution in [0.3, 0.4) is 0 Å². The maximum Gasteiger partial charge on any atom is 0.433 e. The first-order valence-electron chi connectivity index (χ1n) is 6.71. The second kappa shape index (κ2) is 5.52. The van der Waals surface area contributed by atoms with Crippen LogP contribution in [0, 0.1) is 0 Å². The fraction of sp³-hybridized carbons (Fsp3) is 0.308. The molecule has 0 amide bonds. The van der Waals surface area contributed by atoms with Gasteiger partial charge in [-0.25, -0.2) is 23.4 Å². The molecule has 0 saturated carbocycles. The molecule has 0 N–H and O–H groups in total. The van der Waals surface area contributed by atoms with Crippen LogP contribution >= 0.6 is 11.3 Å². The molecule has 0 unspecified atom stereocenters. The SMILES string of the molecule is CCS(=O)(=O)c1ncsc1-c1nc2cc(C(F)(F)F)ncc2n1C. The third kappa shape index (κ3) is 2.67. The van der Waals surface area contributed by atoms with E-state index in [0.29, 0.717) is 10.4 Å². The van der Waals surface area contributed by atoms with Crippen LogP contribution in [-0.2, 0) is 23.1 Å². The van der Waals surface area contributed by atoms with Crippen LogP contribution in [0.1, 0.15) is 12.6 Å². The lowest BCUT2D eigenvalue weighted by molar-refractivity contribution is -0.141. The van der Waals surface area contributed by atoms with Gasteiger partial charge in [0.2, 0.25) is 0 Å². The first kappa shape index (κ1) is 16.8. The first-order chi connectivity index (χ1) is 11.1. The van der Waals surface area contributed by atoms with Gasteiger partial charge in [0.15, 0.2) is 20.7 Å². The largest absolute Gasteiger partial charge is 0.433 e. The van der Waals surface area contributed by atoms with Gasteiger partial charge in [-0.1, -0.05) is 6.92 Å². The van der Waals surface area contributed by atoms with Crippen molar-refractivity contribution < 1.29 is 21.6 Å². The summed E-state index contributed by atoms with van der Waals surface area (Å²) in [5.41, 5.74) is 0.774. The Labute approximate surface area is 138 Å². The van der Waals surface area contributed by atoms with E-state index in [0.717, 1.165) is 23.6 Å². The molecule has 0 aliphatic rings. The molecule has 0 fully saturated rings. The number of aromatic nitrogens is 4. The summed E-state index contributed by atoms with van der Waals surface area (Å²) in [6, 6.07) is 0.841. The molecule has 0 radical (unpaired) electrons. The van der Waals surface area contributed by atoms with Crippen LogP contribution < -0.4 is 0 Å². The fourth-order valence-corrected chi connectivity index (χ4v) is 4.35. The number of rotatable bonds is 3. The zero-order valence-electron chi connectivity index (χ0n) is 12.5. The molecule has 0 spiro atoms. The number of fused-ring (bicyclic) bond motifs is 1. The predicted molar refractivity (Wildman–Crippen MR) is 82.3 cm³/mol. The molecule has 3 aromatic heterocycles. The number of aryl methyl sites for hydroxylation is 1. The van der Waals surface area contributed by atoms with E-state index in [9.17, 15) is 21.6 Å². The molecule has 0 saturated heterocycles. The normalized spacial score (nSPS) is 12.9. The summed E-state index contributed by atoms with van der Waals surface area (Å²) in [5.74, 6) is 0.105. The quantitative estimate of drug-likeness (QED) is 0.702. The second-order valence-corrected chi connectivity index (χ2v) is 7.99. The molecule has 11 heteroatoms. The molecule has 0 bridgehead atoms. The zero-order chi connectivity index (χ0) is 17.7. The summed E-state index contributed by atoms with van der Waals surface area (Å²) in [6.45, 7) is 1.49. The molecular formula is C13H11F3N4O2S2. The van der Waals surface area contributed by atoms with Gasteiger partial charge in [0.05, 0.1) is 28.5 Å². The van der Waals surface area contributed by atoms with Crippen LogP contribution in [0.25, 0.3) is 21.7 Å². The van der Waals surface area contributed by atoms with E-state index in [4.69, 9.17) is 0 Å².